The third kappa shape index (κ3) is 3.01. The second-order valence-electron chi connectivity index (χ2n) is 11.1. The van der Waals surface area contributed by atoms with Crippen molar-refractivity contribution in [3.05, 3.63) is 22.1 Å². The number of rotatable bonds is 5. The average molecular weight is 535 g/mol. The number of alkyl halides is 3. The summed E-state index contributed by atoms with van der Waals surface area (Å²) in [6.07, 6.45) is -2.23. The standard InChI is InChI=1S/C25H30Cl2F2O6/c1-11-8-12-13-9-14(28)17-19(33)20(34)18(27)21(35)23(17,3)25(13,29)7-6-22(12,2)24(11,15(30)10-26)5-4-16(31)32/h11-14,33-34H,4-10H2,1-3H3,(H,31,32)/t11-,12+,13+,14+,22+,23-,24-,25-/m1/s1. The Kier molecular flexibility index (Phi) is 6.16. The number of carboxylic acid groups (broad SMARTS) is 1. The van der Waals surface area contributed by atoms with Gasteiger partial charge in [-0.05, 0) is 56.3 Å². The number of Topliss-reactive ketones (excluding diaryl/α,β-unsaturated/α-hetero) is 2. The van der Waals surface area contributed by atoms with Crippen LogP contribution >= 0.6 is 23.2 Å². The number of aliphatic hydroxyl groups excluding tert-OH is 2. The summed E-state index contributed by atoms with van der Waals surface area (Å²) in [7, 11) is 0. The third-order valence-corrected chi connectivity index (χ3v) is 10.8. The maximum absolute atomic E-state index is 17.3. The Labute approximate surface area is 212 Å². The molecule has 0 spiro atoms. The van der Waals surface area contributed by atoms with Crippen molar-refractivity contribution in [2.75, 3.05) is 5.88 Å². The van der Waals surface area contributed by atoms with Crippen molar-refractivity contribution in [2.24, 2.45) is 34.0 Å². The van der Waals surface area contributed by atoms with Crippen molar-refractivity contribution >= 4 is 40.7 Å². The van der Waals surface area contributed by atoms with Gasteiger partial charge in [0.05, 0.1) is 11.3 Å². The average Bonchev–Trinajstić information content (AvgIpc) is 3.03. The molecule has 0 aliphatic heterocycles. The summed E-state index contributed by atoms with van der Waals surface area (Å²) in [5.74, 6) is -6.39. The Hall–Kier alpha value is -1.67. The van der Waals surface area contributed by atoms with Gasteiger partial charge in [0.2, 0.25) is 0 Å². The highest BCUT2D eigenvalue weighted by atomic mass is 35.5. The number of fused-ring (bicyclic) bond motifs is 5. The predicted octanol–water partition coefficient (Wildman–Crippen LogP) is 5.58. The van der Waals surface area contributed by atoms with Gasteiger partial charge in [0.15, 0.2) is 23.1 Å². The molecule has 194 valence electrons. The van der Waals surface area contributed by atoms with Crippen LogP contribution in [0.15, 0.2) is 22.1 Å². The fourth-order valence-corrected chi connectivity index (χ4v) is 9.01. The van der Waals surface area contributed by atoms with Crippen molar-refractivity contribution in [1.29, 1.82) is 0 Å². The first-order valence-electron chi connectivity index (χ1n) is 11.9. The van der Waals surface area contributed by atoms with Crippen LogP contribution in [-0.2, 0) is 14.4 Å². The van der Waals surface area contributed by atoms with Crippen LogP contribution in [0.2, 0.25) is 0 Å². The number of carbonyl (C=O) groups is 3. The SMILES string of the molecule is C[C@@H]1C[C@H]2[C@@H]3C[C@H](F)C4=C(O)C(O)=C(Cl)C(=O)[C@]4(C)[C@@]3(F)CC[C@]2(C)[C@@]1(CCC(=O)O)C(=O)CCl. The first-order valence-corrected chi connectivity index (χ1v) is 12.8. The van der Waals surface area contributed by atoms with Gasteiger partial charge < -0.3 is 15.3 Å². The van der Waals surface area contributed by atoms with Crippen LogP contribution in [0.25, 0.3) is 0 Å². The molecule has 4 rings (SSSR count). The first-order chi connectivity index (χ1) is 16.1. The number of carbonyl (C=O) groups excluding carboxylic acids is 2. The molecule has 0 aromatic heterocycles. The molecule has 0 aromatic rings. The van der Waals surface area contributed by atoms with E-state index < -0.39 is 73.8 Å². The normalized spacial score (nSPS) is 45.2. The van der Waals surface area contributed by atoms with Gasteiger partial charge in [-0.15, -0.1) is 11.6 Å². The lowest BCUT2D eigenvalue weighted by molar-refractivity contribution is -0.178. The number of hydrogen-bond donors (Lipinski definition) is 3. The molecular formula is C25H30Cl2F2O6. The highest BCUT2D eigenvalue weighted by Gasteiger charge is 2.76. The Bertz CT molecular complexity index is 1070. The first kappa shape index (κ1) is 26.4. The number of ketones is 2. The van der Waals surface area contributed by atoms with Gasteiger partial charge in [0.25, 0.3) is 0 Å². The van der Waals surface area contributed by atoms with Crippen molar-refractivity contribution in [3.8, 4) is 0 Å². The number of hydrogen-bond acceptors (Lipinski definition) is 5. The van der Waals surface area contributed by atoms with E-state index in [1.54, 1.807) is 0 Å². The molecule has 35 heavy (non-hydrogen) atoms. The number of aliphatic hydroxyl groups is 2. The van der Waals surface area contributed by atoms with E-state index in [-0.39, 0.29) is 49.7 Å². The number of halogens is 4. The minimum Gasteiger partial charge on any atom is -0.504 e. The summed E-state index contributed by atoms with van der Waals surface area (Å²) in [5.41, 5.74) is -6.92. The molecule has 6 nitrogen and oxygen atoms in total. The van der Waals surface area contributed by atoms with Gasteiger partial charge in [-0.1, -0.05) is 25.4 Å². The fourth-order valence-electron chi connectivity index (χ4n) is 8.49. The zero-order chi connectivity index (χ0) is 26.3. The van der Waals surface area contributed by atoms with E-state index >= 15 is 8.78 Å². The maximum atomic E-state index is 17.3. The minimum atomic E-state index is -2.30. The molecule has 0 saturated heterocycles. The zero-order valence-corrected chi connectivity index (χ0v) is 21.3. The molecule has 0 amide bonds. The highest BCUT2D eigenvalue weighted by Crippen LogP contribution is 2.74. The lowest BCUT2D eigenvalue weighted by Crippen LogP contribution is -2.66. The molecule has 3 saturated carbocycles. The van der Waals surface area contributed by atoms with Crippen molar-refractivity contribution in [1.82, 2.24) is 0 Å². The maximum Gasteiger partial charge on any atom is 0.303 e. The van der Waals surface area contributed by atoms with Gasteiger partial charge in [-0.3, -0.25) is 14.4 Å². The Morgan fingerprint density at radius 2 is 1.74 bits per heavy atom. The molecule has 0 radical (unpaired) electrons. The van der Waals surface area contributed by atoms with Gasteiger partial charge in [-0.2, -0.15) is 0 Å². The monoisotopic (exact) mass is 534 g/mol. The van der Waals surface area contributed by atoms with E-state index in [1.165, 1.54) is 6.92 Å². The van der Waals surface area contributed by atoms with E-state index in [2.05, 4.69) is 0 Å². The molecule has 4 aliphatic carbocycles. The Morgan fingerprint density at radius 1 is 1.11 bits per heavy atom. The second-order valence-corrected chi connectivity index (χ2v) is 11.8. The van der Waals surface area contributed by atoms with Crippen LogP contribution < -0.4 is 0 Å². The molecule has 0 heterocycles. The quantitative estimate of drug-likeness (QED) is 0.397. The van der Waals surface area contributed by atoms with Crippen LogP contribution in [0.4, 0.5) is 8.78 Å². The van der Waals surface area contributed by atoms with Gasteiger partial charge in [-0.25, -0.2) is 8.78 Å². The summed E-state index contributed by atoms with van der Waals surface area (Å²) in [6, 6.07) is 0. The zero-order valence-electron chi connectivity index (χ0n) is 19.8. The number of allylic oxidation sites excluding steroid dienone is 2. The van der Waals surface area contributed by atoms with Crippen molar-refractivity contribution in [2.45, 2.75) is 71.1 Å². The topological polar surface area (TPSA) is 112 Å². The van der Waals surface area contributed by atoms with E-state index in [1.807, 2.05) is 13.8 Å². The summed E-state index contributed by atoms with van der Waals surface area (Å²) in [6.45, 7) is 4.90. The van der Waals surface area contributed by atoms with E-state index in [9.17, 15) is 29.7 Å². The van der Waals surface area contributed by atoms with Crippen LogP contribution in [0, 0.1) is 34.0 Å². The second kappa shape index (κ2) is 8.17. The summed E-state index contributed by atoms with van der Waals surface area (Å²) in [4.78, 5) is 38.1. The lowest BCUT2D eigenvalue weighted by atomic mass is 9.42. The van der Waals surface area contributed by atoms with Crippen LogP contribution in [0.5, 0.6) is 0 Å². The summed E-state index contributed by atoms with van der Waals surface area (Å²) < 4.78 is 33.0. The molecule has 3 N–H and O–H groups in total. The number of aliphatic carboxylic acids is 1. The van der Waals surface area contributed by atoms with E-state index in [0.29, 0.717) is 6.42 Å². The smallest absolute Gasteiger partial charge is 0.303 e. The van der Waals surface area contributed by atoms with Gasteiger partial charge >= 0.3 is 5.97 Å². The largest absolute Gasteiger partial charge is 0.504 e. The van der Waals surface area contributed by atoms with Crippen LogP contribution in [0.3, 0.4) is 0 Å². The van der Waals surface area contributed by atoms with E-state index in [0.717, 1.165) is 0 Å². The predicted molar refractivity (Wildman–Crippen MR) is 125 cm³/mol. The van der Waals surface area contributed by atoms with Gasteiger partial charge in [0.1, 0.15) is 16.9 Å². The third-order valence-electron chi connectivity index (χ3n) is 10.2. The van der Waals surface area contributed by atoms with Crippen molar-refractivity contribution < 1.29 is 38.5 Å². The van der Waals surface area contributed by atoms with Crippen LogP contribution in [-0.4, -0.2) is 50.6 Å². The van der Waals surface area contributed by atoms with Gasteiger partial charge in [0, 0.05) is 23.3 Å². The minimum absolute atomic E-state index is 0.0394. The molecule has 8 atom stereocenters. The molecule has 0 unspecified atom stereocenters. The Morgan fingerprint density at radius 3 is 2.31 bits per heavy atom. The highest BCUT2D eigenvalue weighted by molar-refractivity contribution is 6.44. The molecular weight excluding hydrogens is 505 g/mol. The molecule has 0 bridgehead atoms. The molecule has 3 fully saturated rings. The van der Waals surface area contributed by atoms with E-state index in [4.69, 9.17) is 23.2 Å². The molecule has 10 heteroatoms. The van der Waals surface area contributed by atoms with Crippen LogP contribution in [0.1, 0.15) is 59.3 Å². The fraction of sp³-hybridized carbons (Fsp3) is 0.720. The number of carboxylic acids is 1. The Balaban J connectivity index is 1.87. The molecule has 0 aromatic carbocycles. The lowest BCUT2D eigenvalue weighted by Gasteiger charge is -2.62. The summed E-state index contributed by atoms with van der Waals surface area (Å²) in [5, 5.41) is 29.2. The molecule has 4 aliphatic rings. The van der Waals surface area contributed by atoms with Crippen molar-refractivity contribution in [3.63, 3.8) is 0 Å². The summed E-state index contributed by atoms with van der Waals surface area (Å²) >= 11 is 12.0.